The minimum Gasteiger partial charge on any atom is -0.289 e. The van der Waals surface area contributed by atoms with Gasteiger partial charge in [-0.25, -0.2) is 4.39 Å². The molecule has 0 N–H and O–H groups in total. The first-order valence-corrected chi connectivity index (χ1v) is 7.78. The molecule has 0 spiro atoms. The molecule has 0 aliphatic heterocycles. The van der Waals surface area contributed by atoms with Gasteiger partial charge in [0, 0.05) is 31.1 Å². The first-order chi connectivity index (χ1) is 9.58. The Kier molecular flexibility index (Phi) is 3.63. The highest BCUT2D eigenvalue weighted by Crippen LogP contribution is 2.33. The molecule has 0 aliphatic carbocycles. The van der Waals surface area contributed by atoms with Gasteiger partial charge in [0.2, 0.25) is 0 Å². The highest BCUT2D eigenvalue weighted by Gasteiger charge is 2.16. The van der Waals surface area contributed by atoms with E-state index in [0.29, 0.717) is 11.1 Å². The highest BCUT2D eigenvalue weighted by molar-refractivity contribution is 9.10. The van der Waals surface area contributed by atoms with Crippen molar-refractivity contribution in [3.8, 4) is 0 Å². The Bertz CT molecular complexity index is 828. The molecule has 0 saturated carbocycles. The van der Waals surface area contributed by atoms with Crippen LogP contribution < -0.4 is 0 Å². The normalized spacial score (nSPS) is 10.9. The van der Waals surface area contributed by atoms with Gasteiger partial charge in [0.05, 0.1) is 5.02 Å². The van der Waals surface area contributed by atoms with E-state index < -0.39 is 5.82 Å². The van der Waals surface area contributed by atoms with Crippen LogP contribution in [0.2, 0.25) is 5.02 Å². The average Bonchev–Trinajstić information content (AvgIpc) is 2.86. The quantitative estimate of drug-likeness (QED) is 0.531. The fourth-order valence-corrected chi connectivity index (χ4v) is 3.71. The maximum absolute atomic E-state index is 13.5. The van der Waals surface area contributed by atoms with Crippen molar-refractivity contribution in [1.29, 1.82) is 0 Å². The van der Waals surface area contributed by atoms with E-state index in [-0.39, 0.29) is 10.8 Å². The Labute approximate surface area is 132 Å². The molecule has 0 atom stereocenters. The predicted molar refractivity (Wildman–Crippen MR) is 84.4 cm³/mol. The largest absolute Gasteiger partial charge is 0.289 e. The van der Waals surface area contributed by atoms with E-state index in [1.54, 1.807) is 5.38 Å². The SMILES string of the molecule is O=C(c1ccc(Cl)c(F)c1)c1csc2c(Br)cccc12. The summed E-state index contributed by atoms with van der Waals surface area (Å²) in [5, 5.41) is 2.67. The third kappa shape index (κ3) is 2.28. The van der Waals surface area contributed by atoms with Gasteiger partial charge in [-0.3, -0.25) is 4.79 Å². The minimum atomic E-state index is -0.585. The van der Waals surface area contributed by atoms with Crippen molar-refractivity contribution in [1.82, 2.24) is 0 Å². The van der Waals surface area contributed by atoms with Crippen LogP contribution >= 0.6 is 38.9 Å². The Balaban J connectivity index is 2.13. The summed E-state index contributed by atoms with van der Waals surface area (Å²) in [5.74, 6) is -0.789. The summed E-state index contributed by atoms with van der Waals surface area (Å²) in [4.78, 5) is 12.5. The lowest BCUT2D eigenvalue weighted by Crippen LogP contribution is -2.00. The van der Waals surface area contributed by atoms with Crippen LogP contribution in [0.15, 0.2) is 46.3 Å². The van der Waals surface area contributed by atoms with E-state index in [1.165, 1.54) is 29.5 Å². The third-order valence-corrected chi connectivity index (χ3v) is 5.24. The van der Waals surface area contributed by atoms with Crippen LogP contribution in [-0.4, -0.2) is 5.78 Å². The minimum absolute atomic E-state index is 0.0134. The van der Waals surface area contributed by atoms with E-state index in [0.717, 1.165) is 14.6 Å². The third-order valence-electron chi connectivity index (χ3n) is 2.98. The molecule has 100 valence electrons. The zero-order chi connectivity index (χ0) is 14.3. The van der Waals surface area contributed by atoms with Crippen molar-refractivity contribution in [3.05, 3.63) is 68.2 Å². The van der Waals surface area contributed by atoms with Crippen LogP contribution in [0.25, 0.3) is 10.1 Å². The summed E-state index contributed by atoms with van der Waals surface area (Å²) < 4.78 is 15.4. The topological polar surface area (TPSA) is 17.1 Å². The number of halogens is 3. The Morgan fingerprint density at radius 1 is 1.25 bits per heavy atom. The maximum atomic E-state index is 13.5. The molecule has 1 aromatic heterocycles. The second kappa shape index (κ2) is 5.28. The van der Waals surface area contributed by atoms with E-state index in [1.807, 2.05) is 18.2 Å². The molecule has 0 bridgehead atoms. The molecule has 0 aliphatic rings. The van der Waals surface area contributed by atoms with E-state index in [2.05, 4.69) is 15.9 Å². The lowest BCUT2D eigenvalue weighted by molar-refractivity contribution is 0.104. The number of hydrogen-bond acceptors (Lipinski definition) is 2. The summed E-state index contributed by atoms with van der Waals surface area (Å²) in [5.41, 5.74) is 0.875. The lowest BCUT2D eigenvalue weighted by Gasteiger charge is -2.02. The Morgan fingerprint density at radius 3 is 2.80 bits per heavy atom. The zero-order valence-corrected chi connectivity index (χ0v) is 13.2. The van der Waals surface area contributed by atoms with Gasteiger partial charge in [-0.1, -0.05) is 23.7 Å². The summed E-state index contributed by atoms with van der Waals surface area (Å²) in [6.07, 6.45) is 0. The van der Waals surface area contributed by atoms with Crippen molar-refractivity contribution >= 4 is 54.7 Å². The predicted octanol–water partition coefficient (Wildman–Crippen LogP) is 5.69. The molecule has 1 heterocycles. The second-order valence-corrected chi connectivity index (χ2v) is 6.37. The fraction of sp³-hybridized carbons (Fsp3) is 0. The number of hydrogen-bond donors (Lipinski definition) is 0. The van der Waals surface area contributed by atoms with Gasteiger partial charge in [0.15, 0.2) is 5.78 Å². The van der Waals surface area contributed by atoms with Gasteiger partial charge < -0.3 is 0 Å². The molecule has 0 saturated heterocycles. The Hall–Kier alpha value is -1.23. The van der Waals surface area contributed by atoms with E-state index in [4.69, 9.17) is 11.6 Å². The lowest BCUT2D eigenvalue weighted by atomic mass is 10.0. The molecule has 2 aromatic carbocycles. The molecule has 5 heteroatoms. The van der Waals surface area contributed by atoms with Gasteiger partial charge >= 0.3 is 0 Å². The second-order valence-electron chi connectivity index (χ2n) is 4.22. The fourth-order valence-electron chi connectivity index (χ4n) is 1.99. The molecule has 0 unspecified atom stereocenters. The summed E-state index contributed by atoms with van der Waals surface area (Å²) in [6, 6.07) is 9.79. The summed E-state index contributed by atoms with van der Waals surface area (Å²) >= 11 is 10.6. The molecule has 0 radical (unpaired) electrons. The number of carbonyl (C=O) groups is 1. The molecule has 0 fully saturated rings. The van der Waals surface area contributed by atoms with Crippen LogP contribution in [0.3, 0.4) is 0 Å². The molecule has 3 aromatic rings. The summed E-state index contributed by atoms with van der Waals surface area (Å²) in [7, 11) is 0. The van der Waals surface area contributed by atoms with Crippen molar-refractivity contribution in [3.63, 3.8) is 0 Å². The number of benzene rings is 2. The average molecular weight is 370 g/mol. The molecule has 0 amide bonds. The molecule has 3 rings (SSSR count). The first kappa shape index (κ1) is 13.7. The maximum Gasteiger partial charge on any atom is 0.194 e. The molecule has 20 heavy (non-hydrogen) atoms. The number of rotatable bonds is 2. The highest BCUT2D eigenvalue weighted by atomic mass is 79.9. The zero-order valence-electron chi connectivity index (χ0n) is 9.99. The monoisotopic (exact) mass is 368 g/mol. The molecular formula is C15H7BrClFOS. The Morgan fingerprint density at radius 2 is 2.05 bits per heavy atom. The van der Waals surface area contributed by atoms with Gasteiger partial charge in [0.25, 0.3) is 0 Å². The van der Waals surface area contributed by atoms with Crippen molar-refractivity contribution in [2.24, 2.45) is 0 Å². The van der Waals surface area contributed by atoms with E-state index >= 15 is 0 Å². The number of carbonyl (C=O) groups excluding carboxylic acids is 1. The molecular weight excluding hydrogens is 363 g/mol. The van der Waals surface area contributed by atoms with Gasteiger partial charge in [-0.15, -0.1) is 11.3 Å². The van der Waals surface area contributed by atoms with Crippen LogP contribution in [0.4, 0.5) is 4.39 Å². The number of fused-ring (bicyclic) bond motifs is 1. The number of ketones is 1. The van der Waals surface area contributed by atoms with Gasteiger partial charge in [0.1, 0.15) is 5.82 Å². The van der Waals surface area contributed by atoms with E-state index in [9.17, 15) is 9.18 Å². The summed E-state index contributed by atoms with van der Waals surface area (Å²) in [6.45, 7) is 0. The van der Waals surface area contributed by atoms with Crippen LogP contribution in [-0.2, 0) is 0 Å². The van der Waals surface area contributed by atoms with Crippen LogP contribution in [0, 0.1) is 5.82 Å². The standard InChI is InChI=1S/C15H7BrClFOS/c16-11-3-1-2-9-10(7-20-15(9)11)14(19)8-4-5-12(17)13(18)6-8/h1-7H. The van der Waals surface area contributed by atoms with Crippen LogP contribution in [0.1, 0.15) is 15.9 Å². The smallest absolute Gasteiger partial charge is 0.194 e. The van der Waals surface area contributed by atoms with Crippen LogP contribution in [0.5, 0.6) is 0 Å². The van der Waals surface area contributed by atoms with Crippen molar-refractivity contribution in [2.75, 3.05) is 0 Å². The van der Waals surface area contributed by atoms with Gasteiger partial charge in [-0.05, 0) is 40.2 Å². The molecule has 1 nitrogen and oxygen atoms in total. The first-order valence-electron chi connectivity index (χ1n) is 5.73. The van der Waals surface area contributed by atoms with Crippen molar-refractivity contribution < 1.29 is 9.18 Å². The van der Waals surface area contributed by atoms with Crippen molar-refractivity contribution in [2.45, 2.75) is 0 Å². The van der Waals surface area contributed by atoms with Gasteiger partial charge in [-0.2, -0.15) is 0 Å². The number of thiophene rings is 1.